The van der Waals surface area contributed by atoms with Crippen molar-refractivity contribution in [1.29, 1.82) is 10.5 Å². The Kier molecular flexibility index (Phi) is 5.99. The number of amides is 1. The van der Waals surface area contributed by atoms with E-state index in [4.69, 9.17) is 10.5 Å². The molecule has 1 N–H and O–H groups in total. The van der Waals surface area contributed by atoms with Gasteiger partial charge in [0.2, 0.25) is 5.91 Å². The molecular weight excluding hydrogens is 258 g/mol. The molecule has 108 valence electrons. The molecule has 0 saturated heterocycles. The third kappa shape index (κ3) is 3.96. The summed E-state index contributed by atoms with van der Waals surface area (Å²) in [5.41, 5.74) is 0. The number of aliphatic carboxylic acids is 1. The highest BCUT2D eigenvalue weighted by atomic mass is 16.4. The largest absolute Gasteiger partial charge is 0.481 e. The molecular formula is C14H19N3O3. The first kappa shape index (κ1) is 16.0. The number of carbonyl (C=O) groups is 2. The molecule has 1 aliphatic carbocycles. The number of hydrogen-bond acceptors (Lipinski definition) is 4. The summed E-state index contributed by atoms with van der Waals surface area (Å²) >= 11 is 0. The van der Waals surface area contributed by atoms with Gasteiger partial charge in [-0.15, -0.1) is 0 Å². The van der Waals surface area contributed by atoms with E-state index in [1.807, 2.05) is 19.1 Å². The van der Waals surface area contributed by atoms with Crippen molar-refractivity contribution in [3.05, 3.63) is 0 Å². The van der Waals surface area contributed by atoms with Gasteiger partial charge >= 0.3 is 5.97 Å². The van der Waals surface area contributed by atoms with Gasteiger partial charge in [-0.2, -0.15) is 10.5 Å². The predicted octanol–water partition coefficient (Wildman–Crippen LogP) is 1.39. The van der Waals surface area contributed by atoms with Crippen molar-refractivity contribution < 1.29 is 14.7 Å². The van der Waals surface area contributed by atoms with E-state index in [9.17, 15) is 14.7 Å². The van der Waals surface area contributed by atoms with Crippen LogP contribution in [0.1, 0.15) is 32.6 Å². The second-order valence-electron chi connectivity index (χ2n) is 5.27. The first-order chi connectivity index (χ1) is 9.51. The van der Waals surface area contributed by atoms with Gasteiger partial charge in [0, 0.05) is 13.1 Å². The standard InChI is InChI=1S/C14H19N3O3/c1-10-8-11(12(9-10)14(19)20)13(18)17(6-2-4-15)7-3-5-16/h10-12H,2-3,6-9H2,1H3,(H,19,20). The lowest BCUT2D eigenvalue weighted by atomic mass is 9.94. The van der Waals surface area contributed by atoms with Crippen LogP contribution in [-0.4, -0.2) is 35.0 Å². The van der Waals surface area contributed by atoms with Gasteiger partial charge in [-0.25, -0.2) is 0 Å². The second-order valence-corrected chi connectivity index (χ2v) is 5.27. The molecule has 20 heavy (non-hydrogen) atoms. The third-order valence-corrected chi connectivity index (χ3v) is 3.73. The minimum absolute atomic E-state index is 0.192. The van der Waals surface area contributed by atoms with Gasteiger partial charge in [0.05, 0.1) is 36.8 Å². The number of nitrogens with zero attached hydrogens (tertiary/aromatic N) is 3. The first-order valence-electron chi connectivity index (χ1n) is 6.76. The Bertz CT molecular complexity index is 432. The molecule has 0 aromatic rings. The lowest BCUT2D eigenvalue weighted by Crippen LogP contribution is -2.40. The zero-order valence-electron chi connectivity index (χ0n) is 11.6. The minimum atomic E-state index is -0.937. The van der Waals surface area contributed by atoms with Crippen LogP contribution in [0.25, 0.3) is 0 Å². The highest BCUT2D eigenvalue weighted by Crippen LogP contribution is 2.37. The van der Waals surface area contributed by atoms with Crippen molar-refractivity contribution >= 4 is 11.9 Å². The Morgan fingerprint density at radius 1 is 1.15 bits per heavy atom. The van der Waals surface area contributed by atoms with Crippen LogP contribution < -0.4 is 0 Å². The molecule has 0 aromatic carbocycles. The summed E-state index contributed by atoms with van der Waals surface area (Å²) in [5.74, 6) is -2.14. The molecule has 6 heteroatoms. The Balaban J connectivity index is 2.79. The Morgan fingerprint density at radius 3 is 2.10 bits per heavy atom. The predicted molar refractivity (Wildman–Crippen MR) is 70.1 cm³/mol. The summed E-state index contributed by atoms with van der Waals surface area (Å²) in [7, 11) is 0. The van der Waals surface area contributed by atoms with E-state index in [2.05, 4.69) is 0 Å². The van der Waals surface area contributed by atoms with Gasteiger partial charge in [-0.1, -0.05) is 6.92 Å². The topological polar surface area (TPSA) is 105 Å². The lowest BCUT2D eigenvalue weighted by Gasteiger charge is -2.25. The average Bonchev–Trinajstić information content (AvgIpc) is 2.80. The second kappa shape index (κ2) is 7.49. The van der Waals surface area contributed by atoms with Gasteiger partial charge in [-0.3, -0.25) is 9.59 Å². The van der Waals surface area contributed by atoms with Crippen LogP contribution in [-0.2, 0) is 9.59 Å². The summed E-state index contributed by atoms with van der Waals surface area (Å²) in [4.78, 5) is 25.2. The molecule has 0 bridgehead atoms. The molecule has 1 amide bonds. The van der Waals surface area contributed by atoms with Crippen molar-refractivity contribution in [3.63, 3.8) is 0 Å². The number of carbonyl (C=O) groups excluding carboxylic acids is 1. The summed E-state index contributed by atoms with van der Waals surface area (Å²) in [6.07, 6.45) is 1.45. The van der Waals surface area contributed by atoms with Crippen LogP contribution >= 0.6 is 0 Å². The zero-order chi connectivity index (χ0) is 15.1. The van der Waals surface area contributed by atoms with Gasteiger partial charge in [0.1, 0.15) is 0 Å². The van der Waals surface area contributed by atoms with E-state index in [0.29, 0.717) is 12.8 Å². The molecule has 1 fully saturated rings. The molecule has 0 aromatic heterocycles. The Labute approximate surface area is 118 Å². The third-order valence-electron chi connectivity index (χ3n) is 3.73. The minimum Gasteiger partial charge on any atom is -0.481 e. The molecule has 0 radical (unpaired) electrons. The van der Waals surface area contributed by atoms with Crippen LogP contribution in [0.4, 0.5) is 0 Å². The molecule has 3 unspecified atom stereocenters. The SMILES string of the molecule is CC1CC(C(=O)O)C(C(=O)N(CCC#N)CCC#N)C1. The van der Waals surface area contributed by atoms with E-state index < -0.39 is 17.8 Å². The summed E-state index contributed by atoms with van der Waals surface area (Å²) in [6.45, 7) is 2.46. The Morgan fingerprint density at radius 2 is 1.65 bits per heavy atom. The summed E-state index contributed by atoms with van der Waals surface area (Å²) < 4.78 is 0. The molecule has 6 nitrogen and oxygen atoms in total. The van der Waals surface area contributed by atoms with E-state index in [1.165, 1.54) is 4.90 Å². The van der Waals surface area contributed by atoms with Crippen molar-refractivity contribution in [1.82, 2.24) is 4.90 Å². The Hall–Kier alpha value is -2.08. The van der Waals surface area contributed by atoms with Crippen molar-refractivity contribution in [3.8, 4) is 12.1 Å². The first-order valence-corrected chi connectivity index (χ1v) is 6.76. The fourth-order valence-corrected chi connectivity index (χ4v) is 2.77. The molecule has 0 spiro atoms. The van der Waals surface area contributed by atoms with E-state index in [0.717, 1.165) is 0 Å². The zero-order valence-corrected chi connectivity index (χ0v) is 11.6. The molecule has 1 aliphatic rings. The maximum Gasteiger partial charge on any atom is 0.307 e. The number of hydrogen-bond donors (Lipinski definition) is 1. The fourth-order valence-electron chi connectivity index (χ4n) is 2.77. The van der Waals surface area contributed by atoms with Crippen LogP contribution in [0.15, 0.2) is 0 Å². The monoisotopic (exact) mass is 277 g/mol. The smallest absolute Gasteiger partial charge is 0.307 e. The highest BCUT2D eigenvalue weighted by molar-refractivity contribution is 5.85. The van der Waals surface area contributed by atoms with Gasteiger partial charge < -0.3 is 10.0 Å². The average molecular weight is 277 g/mol. The summed E-state index contributed by atoms with van der Waals surface area (Å²) in [6, 6.07) is 3.94. The van der Waals surface area contributed by atoms with Gasteiger partial charge in [0.25, 0.3) is 0 Å². The van der Waals surface area contributed by atoms with Crippen molar-refractivity contribution in [2.75, 3.05) is 13.1 Å². The number of carboxylic acid groups (broad SMARTS) is 1. The van der Waals surface area contributed by atoms with Crippen LogP contribution in [0.2, 0.25) is 0 Å². The molecule has 1 saturated carbocycles. The summed E-state index contributed by atoms with van der Waals surface area (Å²) in [5, 5.41) is 26.5. The highest BCUT2D eigenvalue weighted by Gasteiger charge is 2.42. The van der Waals surface area contributed by atoms with E-state index in [-0.39, 0.29) is 37.8 Å². The van der Waals surface area contributed by atoms with E-state index in [1.54, 1.807) is 0 Å². The van der Waals surface area contributed by atoms with Crippen LogP contribution in [0, 0.1) is 40.4 Å². The molecule has 0 heterocycles. The maximum atomic E-state index is 12.5. The molecule has 0 aliphatic heterocycles. The quantitative estimate of drug-likeness (QED) is 0.789. The number of carboxylic acids is 1. The number of rotatable bonds is 6. The van der Waals surface area contributed by atoms with Crippen molar-refractivity contribution in [2.45, 2.75) is 32.6 Å². The lowest BCUT2D eigenvalue weighted by molar-refractivity contribution is -0.149. The molecule has 1 rings (SSSR count). The molecule has 3 atom stereocenters. The van der Waals surface area contributed by atoms with Crippen molar-refractivity contribution in [2.24, 2.45) is 17.8 Å². The van der Waals surface area contributed by atoms with E-state index >= 15 is 0 Å². The fraction of sp³-hybridized carbons (Fsp3) is 0.714. The van der Waals surface area contributed by atoms with Gasteiger partial charge in [0.15, 0.2) is 0 Å². The van der Waals surface area contributed by atoms with Crippen LogP contribution in [0.5, 0.6) is 0 Å². The number of nitriles is 2. The normalized spacial score (nSPS) is 24.6. The van der Waals surface area contributed by atoms with Crippen LogP contribution in [0.3, 0.4) is 0 Å². The van der Waals surface area contributed by atoms with Gasteiger partial charge in [-0.05, 0) is 18.8 Å². The maximum absolute atomic E-state index is 12.5.